The van der Waals surface area contributed by atoms with Crippen LogP contribution in [-0.4, -0.2) is 18.8 Å². The number of fused-ring (bicyclic) bond motifs is 1. The van der Waals surface area contributed by atoms with E-state index in [0.29, 0.717) is 4.90 Å². The van der Waals surface area contributed by atoms with Crippen LogP contribution in [0.5, 0.6) is 0 Å². The molecule has 0 radical (unpaired) electrons. The van der Waals surface area contributed by atoms with Gasteiger partial charge in [0.2, 0.25) is 0 Å². The molecule has 0 aromatic heterocycles. The Balaban J connectivity index is 1.78. The van der Waals surface area contributed by atoms with Crippen molar-refractivity contribution in [1.29, 1.82) is 0 Å². The average molecular weight is 308 g/mol. The quantitative estimate of drug-likeness (QED) is 0.866. The van der Waals surface area contributed by atoms with E-state index < -0.39 is 9.84 Å². The maximum atomic E-state index is 12.3. The van der Waals surface area contributed by atoms with Crippen LogP contribution in [-0.2, 0) is 9.84 Å². The minimum Gasteiger partial charge on any atom is -0.224 e. The van der Waals surface area contributed by atoms with Crippen LogP contribution >= 0.6 is 23.5 Å². The van der Waals surface area contributed by atoms with Gasteiger partial charge in [-0.1, -0.05) is 30.3 Å². The van der Waals surface area contributed by atoms with Crippen molar-refractivity contribution < 1.29 is 8.42 Å². The van der Waals surface area contributed by atoms with Crippen molar-refractivity contribution in [2.24, 2.45) is 0 Å². The molecule has 0 bridgehead atoms. The van der Waals surface area contributed by atoms with Crippen LogP contribution in [0.15, 0.2) is 69.3 Å². The summed E-state index contributed by atoms with van der Waals surface area (Å²) in [6.45, 7) is 0. The lowest BCUT2D eigenvalue weighted by molar-refractivity contribution is 0.597. The molecule has 98 valence electrons. The molecule has 0 saturated heterocycles. The first-order valence-corrected chi connectivity index (χ1v) is 9.26. The Morgan fingerprint density at radius 1 is 0.842 bits per heavy atom. The molecule has 0 aliphatic carbocycles. The molecular formula is C14H12O2S3. The van der Waals surface area contributed by atoms with Crippen LogP contribution < -0.4 is 0 Å². The smallest absolute Gasteiger partial charge is 0.180 e. The highest BCUT2D eigenvalue weighted by atomic mass is 32.2. The van der Waals surface area contributed by atoms with Crippen molar-refractivity contribution >= 4 is 33.4 Å². The van der Waals surface area contributed by atoms with Gasteiger partial charge in [0.05, 0.1) is 15.2 Å². The topological polar surface area (TPSA) is 34.1 Å². The first kappa shape index (κ1) is 13.1. The highest BCUT2D eigenvalue weighted by Crippen LogP contribution is 2.48. The van der Waals surface area contributed by atoms with Crippen molar-refractivity contribution in [2.45, 2.75) is 19.3 Å². The van der Waals surface area contributed by atoms with Crippen LogP contribution in [0.4, 0.5) is 0 Å². The van der Waals surface area contributed by atoms with Crippen LogP contribution in [0, 0.1) is 0 Å². The molecule has 1 aliphatic heterocycles. The first-order valence-electron chi connectivity index (χ1n) is 5.85. The predicted molar refractivity (Wildman–Crippen MR) is 80.4 cm³/mol. The lowest BCUT2D eigenvalue weighted by atomic mass is 10.4. The second kappa shape index (κ2) is 5.23. The third-order valence-corrected chi connectivity index (χ3v) is 7.79. The van der Waals surface area contributed by atoms with E-state index in [4.69, 9.17) is 0 Å². The number of hydrogen-bond donors (Lipinski definition) is 0. The zero-order chi connectivity index (χ0) is 13.3. The lowest BCUT2D eigenvalue weighted by Crippen LogP contribution is -2.14. The third kappa shape index (κ3) is 2.83. The summed E-state index contributed by atoms with van der Waals surface area (Å²) < 4.78 is 24.7. The summed E-state index contributed by atoms with van der Waals surface area (Å²) in [6.07, 6.45) is 0. The normalized spacial score (nSPS) is 15.4. The Kier molecular flexibility index (Phi) is 3.60. The molecule has 5 heteroatoms. The SMILES string of the molecule is O=S(=O)(CC1Sc2ccccc2S1)c1ccccc1. The van der Waals surface area contributed by atoms with Gasteiger partial charge in [-0.3, -0.25) is 0 Å². The summed E-state index contributed by atoms with van der Waals surface area (Å²) in [6, 6.07) is 16.7. The van der Waals surface area contributed by atoms with E-state index in [9.17, 15) is 8.42 Å². The highest BCUT2D eigenvalue weighted by molar-refractivity contribution is 8.20. The molecule has 0 amide bonds. The van der Waals surface area contributed by atoms with E-state index in [0.717, 1.165) is 0 Å². The minimum atomic E-state index is -3.20. The van der Waals surface area contributed by atoms with Gasteiger partial charge in [-0.2, -0.15) is 0 Å². The van der Waals surface area contributed by atoms with Crippen LogP contribution in [0.3, 0.4) is 0 Å². The average Bonchev–Trinajstić information content (AvgIpc) is 2.81. The van der Waals surface area contributed by atoms with Gasteiger partial charge in [0.1, 0.15) is 0 Å². The molecule has 0 saturated carbocycles. The molecule has 1 heterocycles. The zero-order valence-electron chi connectivity index (χ0n) is 10.0. The highest BCUT2D eigenvalue weighted by Gasteiger charge is 2.28. The van der Waals surface area contributed by atoms with Crippen molar-refractivity contribution in [3.63, 3.8) is 0 Å². The minimum absolute atomic E-state index is 0.0441. The summed E-state index contributed by atoms with van der Waals surface area (Å²) in [5.74, 6) is 0.168. The number of benzene rings is 2. The summed E-state index contributed by atoms with van der Waals surface area (Å²) in [5, 5.41) is 0. The van der Waals surface area contributed by atoms with Crippen molar-refractivity contribution in [2.75, 3.05) is 5.75 Å². The summed E-state index contributed by atoms with van der Waals surface area (Å²) in [5.41, 5.74) is 0. The van der Waals surface area contributed by atoms with E-state index in [-0.39, 0.29) is 10.3 Å². The van der Waals surface area contributed by atoms with Gasteiger partial charge in [-0.15, -0.1) is 23.5 Å². The largest absolute Gasteiger partial charge is 0.224 e. The fourth-order valence-corrected chi connectivity index (χ4v) is 7.02. The Hall–Kier alpha value is -0.910. The standard InChI is InChI=1S/C14H12O2S3/c15-19(16,11-6-2-1-3-7-11)10-14-17-12-8-4-5-9-13(12)18-14/h1-9,14H,10H2. The van der Waals surface area contributed by atoms with Gasteiger partial charge >= 0.3 is 0 Å². The van der Waals surface area contributed by atoms with Gasteiger partial charge < -0.3 is 0 Å². The monoisotopic (exact) mass is 308 g/mol. The Labute approximate surface area is 121 Å². The van der Waals surface area contributed by atoms with E-state index in [1.807, 2.05) is 30.3 Å². The summed E-state index contributed by atoms with van der Waals surface area (Å²) in [7, 11) is -3.20. The fourth-order valence-electron chi connectivity index (χ4n) is 1.92. The molecule has 0 fully saturated rings. The molecule has 1 aliphatic rings. The van der Waals surface area contributed by atoms with Gasteiger partial charge in [-0.25, -0.2) is 8.42 Å². The number of thioether (sulfide) groups is 2. The van der Waals surface area contributed by atoms with Crippen molar-refractivity contribution in [3.05, 3.63) is 54.6 Å². The van der Waals surface area contributed by atoms with Crippen molar-refractivity contribution in [3.8, 4) is 0 Å². The Morgan fingerprint density at radius 3 is 1.95 bits per heavy atom. The molecule has 0 spiro atoms. The van der Waals surface area contributed by atoms with E-state index >= 15 is 0 Å². The molecule has 3 rings (SSSR count). The number of hydrogen-bond acceptors (Lipinski definition) is 4. The molecule has 0 unspecified atom stereocenters. The molecule has 0 atom stereocenters. The second-order valence-corrected chi connectivity index (χ2v) is 9.03. The second-order valence-electron chi connectivity index (χ2n) is 4.21. The van der Waals surface area contributed by atoms with Gasteiger partial charge in [0.25, 0.3) is 0 Å². The number of rotatable bonds is 3. The molecule has 2 nitrogen and oxygen atoms in total. The van der Waals surface area contributed by atoms with Crippen LogP contribution in [0.2, 0.25) is 0 Å². The summed E-state index contributed by atoms with van der Waals surface area (Å²) >= 11 is 3.28. The lowest BCUT2D eigenvalue weighted by Gasteiger charge is -2.08. The Morgan fingerprint density at radius 2 is 1.37 bits per heavy atom. The Bertz CT molecular complexity index is 656. The first-order chi connectivity index (χ1) is 9.15. The van der Waals surface area contributed by atoms with E-state index in [2.05, 4.69) is 0 Å². The number of sulfone groups is 1. The molecule has 19 heavy (non-hydrogen) atoms. The maximum absolute atomic E-state index is 12.3. The van der Waals surface area contributed by atoms with Gasteiger partial charge in [0.15, 0.2) is 9.84 Å². The predicted octanol–water partition coefficient (Wildman–Crippen LogP) is 3.68. The molecule has 2 aromatic carbocycles. The molecule has 0 N–H and O–H groups in total. The molecule has 2 aromatic rings. The van der Waals surface area contributed by atoms with E-state index in [1.165, 1.54) is 9.79 Å². The van der Waals surface area contributed by atoms with Crippen LogP contribution in [0.25, 0.3) is 0 Å². The third-order valence-electron chi connectivity index (χ3n) is 2.82. The fraction of sp³-hybridized carbons (Fsp3) is 0.143. The van der Waals surface area contributed by atoms with Crippen LogP contribution in [0.1, 0.15) is 0 Å². The van der Waals surface area contributed by atoms with Gasteiger partial charge in [0, 0.05) is 9.79 Å². The molecular weight excluding hydrogens is 296 g/mol. The van der Waals surface area contributed by atoms with Crippen molar-refractivity contribution in [1.82, 2.24) is 0 Å². The maximum Gasteiger partial charge on any atom is 0.180 e. The van der Waals surface area contributed by atoms with E-state index in [1.54, 1.807) is 47.8 Å². The summed E-state index contributed by atoms with van der Waals surface area (Å²) in [4.78, 5) is 2.77. The van der Waals surface area contributed by atoms with Gasteiger partial charge in [-0.05, 0) is 24.3 Å². The zero-order valence-corrected chi connectivity index (χ0v) is 12.5.